The largest absolute Gasteiger partial charge is 0.454 e. The Morgan fingerprint density at radius 2 is 1.20 bits per heavy atom. The second-order valence-electron chi connectivity index (χ2n) is 9.46. The lowest BCUT2D eigenvalue weighted by Crippen LogP contribution is -2.83. The molecule has 2 aliphatic heterocycles. The average molecular weight is 451 g/mol. The minimum Gasteiger partial charge on any atom is -0.410 e. The third-order valence-corrected chi connectivity index (χ3v) is 7.48. The fraction of sp³-hybridized carbons (Fsp3) is 0.0741. The van der Waals surface area contributed by atoms with Crippen LogP contribution in [-0.2, 0) is 0 Å². The van der Waals surface area contributed by atoms with Crippen LogP contribution in [0.25, 0.3) is 22.4 Å². The number of fused-ring (bicyclic) bond motifs is 8. The van der Waals surface area contributed by atoms with Gasteiger partial charge in [0.15, 0.2) is 0 Å². The van der Waals surface area contributed by atoms with E-state index in [0.717, 1.165) is 16.9 Å². The second-order valence-corrected chi connectivity index (χ2v) is 9.46. The van der Waals surface area contributed by atoms with Crippen LogP contribution in [-0.4, -0.2) is 54.1 Å². The van der Waals surface area contributed by atoms with Crippen molar-refractivity contribution in [2.45, 2.75) is 0 Å². The van der Waals surface area contributed by atoms with Crippen molar-refractivity contribution in [1.82, 2.24) is 18.9 Å². The first-order valence-electron chi connectivity index (χ1n) is 12.1. The Hall–Kier alpha value is -3.74. The van der Waals surface area contributed by atoms with Crippen LogP contribution in [0.3, 0.4) is 0 Å². The minimum absolute atomic E-state index is 0.0399. The van der Waals surface area contributed by atoms with E-state index in [9.17, 15) is 0 Å². The van der Waals surface area contributed by atoms with Crippen LogP contribution in [0.2, 0.25) is 0 Å². The monoisotopic (exact) mass is 451 g/mol. The smallest absolute Gasteiger partial charge is 0.410 e. The van der Waals surface area contributed by atoms with Gasteiger partial charge in [-0.2, -0.15) is 0 Å². The number of hydrogen-bond acceptors (Lipinski definition) is 4. The number of aromatic nitrogens is 2. The molecule has 0 amide bonds. The zero-order valence-electron chi connectivity index (χ0n) is 19.9. The summed E-state index contributed by atoms with van der Waals surface area (Å²) in [6.07, 6.45) is 0. The Morgan fingerprint density at radius 1 is 0.600 bits per heavy atom. The van der Waals surface area contributed by atoms with Crippen LogP contribution in [0, 0.1) is 0 Å². The summed E-state index contributed by atoms with van der Waals surface area (Å²) in [6.45, 7) is 0.125. The van der Waals surface area contributed by atoms with Crippen LogP contribution in [0.4, 0.5) is 5.69 Å². The molecule has 1 fully saturated rings. The van der Waals surface area contributed by atoms with Crippen LogP contribution in [0.1, 0.15) is 0 Å². The molecule has 0 N–H and O–H groups in total. The number of anilines is 1. The minimum atomic E-state index is -0.0427. The molecule has 1 saturated heterocycles. The fourth-order valence-corrected chi connectivity index (χ4v) is 6.10. The summed E-state index contributed by atoms with van der Waals surface area (Å²) in [5, 5.41) is 0. The SMILES string of the molecule is CN1B(c2ccccc2)N(C)B2N(B1c1ccccc1)c1ccccc1-c1nc3ccccc3n12. The summed E-state index contributed by atoms with van der Waals surface area (Å²) >= 11 is 0. The van der Waals surface area contributed by atoms with Gasteiger partial charge >= 0.3 is 21.1 Å². The van der Waals surface area contributed by atoms with Gasteiger partial charge in [-0.1, -0.05) is 84.9 Å². The van der Waals surface area contributed by atoms with E-state index in [-0.39, 0.29) is 21.1 Å². The van der Waals surface area contributed by atoms with E-state index in [4.69, 9.17) is 4.98 Å². The van der Waals surface area contributed by atoms with Gasteiger partial charge in [-0.05, 0) is 49.3 Å². The molecule has 5 aromatic rings. The molecule has 3 heterocycles. The summed E-state index contributed by atoms with van der Waals surface area (Å²) in [7, 11) is 4.44. The van der Waals surface area contributed by atoms with Gasteiger partial charge in [-0.25, -0.2) is 4.98 Å². The van der Waals surface area contributed by atoms with E-state index in [1.165, 1.54) is 22.2 Å². The molecule has 0 unspecified atom stereocenters. The average Bonchev–Trinajstić information content (AvgIpc) is 3.30. The van der Waals surface area contributed by atoms with Crippen molar-refractivity contribution in [2.24, 2.45) is 0 Å². The lowest BCUT2D eigenvalue weighted by atomic mass is 9.42. The molecular weight excluding hydrogens is 427 g/mol. The van der Waals surface area contributed by atoms with Crippen LogP contribution in [0.5, 0.6) is 0 Å². The summed E-state index contributed by atoms with van der Waals surface area (Å²) in [5.74, 6) is 1.03. The van der Waals surface area contributed by atoms with Gasteiger partial charge in [0.2, 0.25) is 0 Å². The Bertz CT molecular complexity index is 1520. The highest BCUT2D eigenvalue weighted by Crippen LogP contribution is 2.41. The van der Waals surface area contributed by atoms with E-state index in [1.54, 1.807) is 0 Å². The molecule has 7 rings (SSSR count). The molecular formula is C27H24B3N5. The maximum atomic E-state index is 5.13. The van der Waals surface area contributed by atoms with E-state index < -0.39 is 0 Å². The summed E-state index contributed by atoms with van der Waals surface area (Å²) in [4.78, 5) is 5.13. The maximum absolute atomic E-state index is 5.13. The van der Waals surface area contributed by atoms with Crippen molar-refractivity contribution in [3.63, 3.8) is 0 Å². The zero-order valence-corrected chi connectivity index (χ0v) is 19.9. The topological polar surface area (TPSA) is 27.5 Å². The molecule has 8 heteroatoms. The third-order valence-electron chi connectivity index (χ3n) is 7.48. The van der Waals surface area contributed by atoms with Crippen molar-refractivity contribution < 1.29 is 0 Å². The molecule has 0 bridgehead atoms. The Morgan fingerprint density at radius 3 is 1.94 bits per heavy atom. The molecule has 5 nitrogen and oxygen atoms in total. The summed E-state index contributed by atoms with van der Waals surface area (Å²) in [6, 6.07) is 38.9. The Labute approximate surface area is 207 Å². The van der Waals surface area contributed by atoms with Crippen LogP contribution < -0.4 is 15.6 Å². The lowest BCUT2D eigenvalue weighted by Gasteiger charge is -2.54. The molecule has 166 valence electrons. The van der Waals surface area contributed by atoms with Gasteiger partial charge in [0, 0.05) is 11.3 Å². The van der Waals surface area contributed by atoms with Gasteiger partial charge in [0.05, 0.1) is 11.0 Å². The highest BCUT2D eigenvalue weighted by molar-refractivity contribution is 7.01. The standard InChI is InChI=1S/C27H24B3N5/c1-32-28(21-13-5-3-6-14-21)33(2)30-34-26-20-12-10-18-24(26)31-27(34)23-17-9-11-19-25(23)35(30)29(32)22-15-7-4-8-16-22/h3-20H,1-2H3. The fourth-order valence-electron chi connectivity index (χ4n) is 6.10. The van der Waals surface area contributed by atoms with Crippen molar-refractivity contribution in [3.8, 4) is 11.4 Å². The van der Waals surface area contributed by atoms with Gasteiger partial charge in [-0.15, -0.1) is 0 Å². The lowest BCUT2D eigenvalue weighted by molar-refractivity contribution is 0.645. The van der Waals surface area contributed by atoms with Crippen molar-refractivity contribution in [3.05, 3.63) is 109 Å². The molecule has 0 atom stereocenters. The highest BCUT2D eigenvalue weighted by Gasteiger charge is 2.55. The van der Waals surface area contributed by atoms with Crippen molar-refractivity contribution >= 4 is 48.7 Å². The number of hydrogen-bond donors (Lipinski definition) is 0. The molecule has 2 aliphatic rings. The van der Waals surface area contributed by atoms with Crippen LogP contribution >= 0.6 is 0 Å². The molecule has 0 spiro atoms. The van der Waals surface area contributed by atoms with Gasteiger partial charge < -0.3 is 18.6 Å². The summed E-state index contributed by atoms with van der Waals surface area (Å²) < 4.78 is 9.95. The first-order chi connectivity index (χ1) is 17.2. The number of rotatable bonds is 2. The maximum Gasteiger partial charge on any atom is 0.454 e. The van der Waals surface area contributed by atoms with Crippen LogP contribution in [0.15, 0.2) is 109 Å². The van der Waals surface area contributed by atoms with E-state index >= 15 is 0 Å². The van der Waals surface area contributed by atoms with E-state index in [1.807, 2.05) is 0 Å². The first-order valence-corrected chi connectivity index (χ1v) is 12.1. The summed E-state index contributed by atoms with van der Waals surface area (Å²) in [5.41, 5.74) is 7.11. The highest BCUT2D eigenvalue weighted by atomic mass is 15.4. The van der Waals surface area contributed by atoms with Gasteiger partial charge in [0.25, 0.3) is 0 Å². The third kappa shape index (κ3) is 2.97. The molecule has 0 aliphatic carbocycles. The number of imidazole rings is 1. The normalized spacial score (nSPS) is 15.8. The quantitative estimate of drug-likeness (QED) is 0.386. The number of para-hydroxylation sites is 3. The molecule has 0 radical (unpaired) electrons. The first kappa shape index (κ1) is 20.6. The zero-order chi connectivity index (χ0) is 23.5. The predicted octanol–water partition coefficient (Wildman–Crippen LogP) is 3.02. The molecule has 0 saturated carbocycles. The van der Waals surface area contributed by atoms with Crippen molar-refractivity contribution in [1.29, 1.82) is 0 Å². The van der Waals surface area contributed by atoms with E-state index in [2.05, 4.69) is 142 Å². The molecule has 1 aromatic heterocycles. The van der Waals surface area contributed by atoms with Crippen molar-refractivity contribution in [2.75, 3.05) is 18.8 Å². The number of nitrogens with zero attached hydrogens (tertiary/aromatic N) is 5. The number of benzene rings is 4. The molecule has 4 aromatic carbocycles. The van der Waals surface area contributed by atoms with Gasteiger partial charge in [-0.3, -0.25) is 0 Å². The predicted molar refractivity (Wildman–Crippen MR) is 148 cm³/mol. The molecule has 35 heavy (non-hydrogen) atoms. The van der Waals surface area contributed by atoms with Gasteiger partial charge in [0.1, 0.15) is 5.82 Å². The van der Waals surface area contributed by atoms with E-state index in [0.29, 0.717) is 0 Å². The second kappa shape index (κ2) is 7.90. The Kier molecular flexibility index (Phi) is 4.66. The Balaban J connectivity index is 1.54.